The molecule has 1 aromatic carbocycles. The van der Waals surface area contributed by atoms with Crippen LogP contribution < -0.4 is 5.73 Å². The lowest BCUT2D eigenvalue weighted by Gasteiger charge is -2.41. The number of hydrogen-bond donors (Lipinski definition) is 2. The van der Waals surface area contributed by atoms with Gasteiger partial charge in [0.2, 0.25) is 0 Å². The highest BCUT2D eigenvalue weighted by Gasteiger charge is 2.43. The molecule has 3 N–H and O–H groups in total. The lowest BCUT2D eigenvalue weighted by molar-refractivity contribution is 0.327. The maximum atomic E-state index is 6.57. The monoisotopic (exact) mass is 243 g/mol. The van der Waals surface area contributed by atoms with Crippen molar-refractivity contribution >= 4 is 0 Å². The summed E-state index contributed by atoms with van der Waals surface area (Å²) in [6.07, 6.45) is 1.84. The number of tetrazole rings is 1. The normalized spacial score (nSPS) is 25.7. The van der Waals surface area contributed by atoms with Crippen molar-refractivity contribution in [3.05, 3.63) is 41.2 Å². The van der Waals surface area contributed by atoms with Crippen molar-refractivity contribution in [2.75, 3.05) is 0 Å². The minimum Gasteiger partial charge on any atom is -0.315 e. The topological polar surface area (TPSA) is 80.5 Å². The quantitative estimate of drug-likeness (QED) is 0.794. The summed E-state index contributed by atoms with van der Waals surface area (Å²) in [5.74, 6) is 0.574. The van der Waals surface area contributed by atoms with E-state index in [1.807, 2.05) is 6.07 Å². The van der Waals surface area contributed by atoms with Crippen LogP contribution in [0.3, 0.4) is 0 Å². The lowest BCUT2D eigenvalue weighted by atomic mass is 9.65. The van der Waals surface area contributed by atoms with Crippen LogP contribution in [-0.4, -0.2) is 20.6 Å². The van der Waals surface area contributed by atoms with Gasteiger partial charge in [-0.2, -0.15) is 5.21 Å². The Labute approximate surface area is 106 Å². The van der Waals surface area contributed by atoms with Crippen molar-refractivity contribution < 1.29 is 0 Å². The molecule has 1 unspecified atom stereocenters. The molecule has 1 aliphatic carbocycles. The molecule has 0 saturated carbocycles. The third-order valence-electron chi connectivity index (χ3n) is 4.03. The molecule has 94 valence electrons. The van der Waals surface area contributed by atoms with Crippen molar-refractivity contribution in [1.29, 1.82) is 0 Å². The second kappa shape index (κ2) is 3.62. The summed E-state index contributed by atoms with van der Waals surface area (Å²) < 4.78 is 0. The van der Waals surface area contributed by atoms with E-state index in [1.165, 1.54) is 5.56 Å². The van der Waals surface area contributed by atoms with Gasteiger partial charge in [-0.05, 0) is 29.4 Å². The molecule has 1 atom stereocenters. The summed E-state index contributed by atoms with van der Waals surface area (Å²) in [6, 6.07) is 8.30. The van der Waals surface area contributed by atoms with Crippen molar-refractivity contribution in [1.82, 2.24) is 20.6 Å². The van der Waals surface area contributed by atoms with Crippen LogP contribution >= 0.6 is 0 Å². The molecule has 0 radical (unpaired) electrons. The average Bonchev–Trinajstić information content (AvgIpc) is 2.89. The number of nitrogens with one attached hydrogen (secondary N) is 1. The van der Waals surface area contributed by atoms with E-state index >= 15 is 0 Å². The largest absolute Gasteiger partial charge is 0.315 e. The number of fused-ring (bicyclic) bond motifs is 1. The molecule has 2 aromatic rings. The molecular formula is C13H17N5. The maximum Gasteiger partial charge on any atom is 0.198 e. The van der Waals surface area contributed by atoms with Crippen molar-refractivity contribution in [3.8, 4) is 0 Å². The van der Waals surface area contributed by atoms with E-state index in [2.05, 4.69) is 52.7 Å². The number of nitrogens with zero attached hydrogens (tertiary/aromatic N) is 3. The van der Waals surface area contributed by atoms with Crippen LogP contribution in [0.2, 0.25) is 0 Å². The summed E-state index contributed by atoms with van der Waals surface area (Å²) in [6.45, 7) is 4.50. The first kappa shape index (κ1) is 11.3. The van der Waals surface area contributed by atoms with Crippen LogP contribution in [0.1, 0.15) is 43.6 Å². The van der Waals surface area contributed by atoms with Crippen LogP contribution in [-0.2, 0) is 11.0 Å². The minimum absolute atomic E-state index is 0.142. The molecule has 0 spiro atoms. The summed E-state index contributed by atoms with van der Waals surface area (Å²) >= 11 is 0. The van der Waals surface area contributed by atoms with E-state index in [0.29, 0.717) is 5.82 Å². The van der Waals surface area contributed by atoms with Crippen LogP contribution in [0.4, 0.5) is 0 Å². The summed E-state index contributed by atoms with van der Waals surface area (Å²) in [7, 11) is 0. The SMILES string of the molecule is CC1(C)CCC(N)(c2nn[nH]n2)c2ccccc21. The second-order valence-electron chi connectivity index (χ2n) is 5.64. The fraction of sp³-hybridized carbons (Fsp3) is 0.462. The molecule has 0 saturated heterocycles. The van der Waals surface area contributed by atoms with E-state index in [9.17, 15) is 0 Å². The zero-order valence-electron chi connectivity index (χ0n) is 10.6. The van der Waals surface area contributed by atoms with Crippen molar-refractivity contribution in [2.24, 2.45) is 5.73 Å². The molecule has 1 aliphatic rings. The average molecular weight is 243 g/mol. The predicted molar refractivity (Wildman–Crippen MR) is 67.8 cm³/mol. The zero-order valence-corrected chi connectivity index (χ0v) is 10.6. The van der Waals surface area contributed by atoms with Gasteiger partial charge in [-0.25, -0.2) is 0 Å². The Morgan fingerprint density at radius 3 is 2.56 bits per heavy atom. The van der Waals surface area contributed by atoms with Gasteiger partial charge in [0.15, 0.2) is 5.82 Å². The van der Waals surface area contributed by atoms with Gasteiger partial charge in [0, 0.05) is 0 Å². The Kier molecular flexibility index (Phi) is 2.28. The lowest BCUT2D eigenvalue weighted by Crippen LogP contribution is -2.46. The minimum atomic E-state index is -0.626. The van der Waals surface area contributed by atoms with Gasteiger partial charge in [-0.15, -0.1) is 10.2 Å². The molecule has 5 heteroatoms. The molecule has 0 fully saturated rings. The Bertz CT molecular complexity index is 561. The van der Waals surface area contributed by atoms with E-state index in [-0.39, 0.29) is 5.41 Å². The van der Waals surface area contributed by atoms with Gasteiger partial charge in [-0.3, -0.25) is 0 Å². The fourth-order valence-electron chi connectivity index (χ4n) is 2.82. The molecule has 1 aromatic heterocycles. The highest BCUT2D eigenvalue weighted by molar-refractivity contribution is 5.44. The number of aromatic nitrogens is 4. The van der Waals surface area contributed by atoms with Gasteiger partial charge < -0.3 is 5.73 Å². The standard InChI is InChI=1S/C13H17N5/c1-12(2)7-8-13(14,11-15-17-18-16-11)10-6-4-3-5-9(10)12/h3-6H,7-8,14H2,1-2H3,(H,15,16,17,18). The zero-order chi connectivity index (χ0) is 12.8. The van der Waals surface area contributed by atoms with Crippen molar-refractivity contribution in [2.45, 2.75) is 37.6 Å². The highest BCUT2D eigenvalue weighted by atomic mass is 15.5. The first-order valence-corrected chi connectivity index (χ1v) is 6.17. The second-order valence-corrected chi connectivity index (χ2v) is 5.64. The van der Waals surface area contributed by atoms with Crippen LogP contribution in [0.15, 0.2) is 24.3 Å². The molecule has 0 aliphatic heterocycles. The maximum absolute atomic E-state index is 6.57. The molecule has 5 nitrogen and oxygen atoms in total. The number of nitrogens with two attached hydrogens (primary N) is 1. The number of benzene rings is 1. The summed E-state index contributed by atoms with van der Waals surface area (Å²) in [5.41, 5.74) is 8.48. The number of H-pyrrole nitrogens is 1. The van der Waals surface area contributed by atoms with E-state index in [4.69, 9.17) is 5.73 Å². The van der Waals surface area contributed by atoms with Crippen molar-refractivity contribution in [3.63, 3.8) is 0 Å². The smallest absolute Gasteiger partial charge is 0.198 e. The van der Waals surface area contributed by atoms with Crippen LogP contribution in [0.25, 0.3) is 0 Å². The molecular weight excluding hydrogens is 226 g/mol. The van der Waals surface area contributed by atoms with Gasteiger partial charge in [0.05, 0.1) is 0 Å². The molecule has 18 heavy (non-hydrogen) atoms. The Morgan fingerprint density at radius 2 is 1.89 bits per heavy atom. The van der Waals surface area contributed by atoms with Gasteiger partial charge in [-0.1, -0.05) is 43.3 Å². The Morgan fingerprint density at radius 1 is 1.17 bits per heavy atom. The Balaban J connectivity index is 2.21. The number of aromatic amines is 1. The van der Waals surface area contributed by atoms with E-state index < -0.39 is 5.54 Å². The summed E-state index contributed by atoms with van der Waals surface area (Å²) in [4.78, 5) is 0. The third kappa shape index (κ3) is 1.47. The fourth-order valence-corrected chi connectivity index (χ4v) is 2.82. The van der Waals surface area contributed by atoms with Gasteiger partial charge in [0.25, 0.3) is 0 Å². The predicted octanol–water partition coefficient (Wildman–Crippen LogP) is 1.47. The third-order valence-corrected chi connectivity index (χ3v) is 4.03. The number of rotatable bonds is 1. The van der Waals surface area contributed by atoms with Crippen LogP contribution in [0, 0.1) is 0 Å². The molecule has 0 bridgehead atoms. The van der Waals surface area contributed by atoms with Gasteiger partial charge in [0.1, 0.15) is 5.54 Å². The molecule has 0 amide bonds. The first-order valence-electron chi connectivity index (χ1n) is 6.17. The summed E-state index contributed by atoms with van der Waals surface area (Å²) in [5, 5.41) is 14.3. The molecule has 1 heterocycles. The first-order chi connectivity index (χ1) is 8.54. The Hall–Kier alpha value is -1.75. The van der Waals surface area contributed by atoms with Crippen LogP contribution in [0.5, 0.6) is 0 Å². The number of hydrogen-bond acceptors (Lipinski definition) is 4. The van der Waals surface area contributed by atoms with E-state index in [0.717, 1.165) is 18.4 Å². The highest BCUT2D eigenvalue weighted by Crippen LogP contribution is 2.45. The van der Waals surface area contributed by atoms with Gasteiger partial charge >= 0.3 is 0 Å². The molecule has 3 rings (SSSR count). The van der Waals surface area contributed by atoms with E-state index in [1.54, 1.807) is 0 Å².